The zero-order valence-corrected chi connectivity index (χ0v) is 11.0. The van der Waals surface area contributed by atoms with E-state index in [1.165, 1.54) is 0 Å². The Morgan fingerprint density at radius 3 is 2.79 bits per heavy atom. The molecule has 1 aliphatic carbocycles. The van der Waals surface area contributed by atoms with Crippen molar-refractivity contribution in [2.24, 2.45) is 5.92 Å². The summed E-state index contributed by atoms with van der Waals surface area (Å²) in [7, 11) is 0. The van der Waals surface area contributed by atoms with Gasteiger partial charge in [0, 0.05) is 25.4 Å². The molecule has 0 radical (unpaired) electrons. The second-order valence-corrected chi connectivity index (χ2v) is 5.10. The number of amides is 1. The Labute approximate surface area is 112 Å². The molecule has 5 nitrogen and oxygen atoms in total. The highest BCUT2D eigenvalue weighted by Crippen LogP contribution is 2.28. The third-order valence-corrected chi connectivity index (χ3v) is 3.37. The number of hydrogen-bond donors (Lipinski definition) is 1. The van der Waals surface area contributed by atoms with Gasteiger partial charge in [0.05, 0.1) is 12.2 Å². The summed E-state index contributed by atoms with van der Waals surface area (Å²) < 4.78 is 5.19. The van der Waals surface area contributed by atoms with Gasteiger partial charge < -0.3 is 14.4 Å². The van der Waals surface area contributed by atoms with Crippen LogP contribution in [0.2, 0.25) is 0 Å². The van der Waals surface area contributed by atoms with Crippen molar-refractivity contribution >= 4 is 11.9 Å². The van der Waals surface area contributed by atoms with Crippen LogP contribution in [0.1, 0.15) is 31.9 Å². The fourth-order valence-electron chi connectivity index (χ4n) is 2.04. The third kappa shape index (κ3) is 3.84. The number of aryl methyl sites for hydroxylation is 1. The Hall–Kier alpha value is -1.78. The second kappa shape index (κ2) is 5.91. The number of carboxylic acids is 1. The lowest BCUT2D eigenvalue weighted by Gasteiger charge is -2.24. The predicted molar refractivity (Wildman–Crippen MR) is 68.6 cm³/mol. The van der Waals surface area contributed by atoms with Crippen LogP contribution in [-0.2, 0) is 16.0 Å². The minimum atomic E-state index is -0.857. The van der Waals surface area contributed by atoms with E-state index in [2.05, 4.69) is 0 Å². The summed E-state index contributed by atoms with van der Waals surface area (Å²) in [5.74, 6) is -0.569. The minimum Gasteiger partial charge on any atom is -0.481 e. The van der Waals surface area contributed by atoms with E-state index < -0.39 is 11.9 Å². The Morgan fingerprint density at radius 2 is 2.26 bits per heavy atom. The van der Waals surface area contributed by atoms with Crippen LogP contribution in [-0.4, -0.2) is 34.5 Å². The average Bonchev–Trinajstić information content (AvgIpc) is 3.08. The minimum absolute atomic E-state index is 0.0204. The van der Waals surface area contributed by atoms with Crippen LogP contribution in [0.5, 0.6) is 0 Å². The molecule has 1 amide bonds. The van der Waals surface area contributed by atoms with Gasteiger partial charge in [0.1, 0.15) is 5.76 Å². The summed E-state index contributed by atoms with van der Waals surface area (Å²) in [5.41, 5.74) is 0. The van der Waals surface area contributed by atoms with E-state index in [0.29, 0.717) is 19.4 Å². The largest absolute Gasteiger partial charge is 0.481 e. The standard InChI is InChI=1S/C14H19NO4/c1-10(14(17)18)9-15(11-4-5-11)13(16)7-6-12-3-2-8-19-12/h2-3,8,10-11H,4-7,9H2,1H3,(H,17,18). The monoisotopic (exact) mass is 265 g/mol. The molecule has 1 aromatic heterocycles. The molecule has 0 spiro atoms. The van der Waals surface area contributed by atoms with Crippen molar-refractivity contribution < 1.29 is 19.1 Å². The van der Waals surface area contributed by atoms with E-state index in [-0.39, 0.29) is 11.9 Å². The van der Waals surface area contributed by atoms with Gasteiger partial charge in [0.2, 0.25) is 5.91 Å². The summed E-state index contributed by atoms with van der Waals surface area (Å²) in [6.07, 6.45) is 4.50. The molecule has 1 heterocycles. The number of carbonyl (C=O) groups excluding carboxylic acids is 1. The molecule has 1 aliphatic rings. The molecule has 104 valence electrons. The van der Waals surface area contributed by atoms with Gasteiger partial charge in [-0.15, -0.1) is 0 Å². The molecule has 0 aromatic carbocycles. The number of aliphatic carboxylic acids is 1. The zero-order chi connectivity index (χ0) is 13.8. The van der Waals surface area contributed by atoms with Crippen LogP contribution in [0, 0.1) is 5.92 Å². The maximum atomic E-state index is 12.2. The second-order valence-electron chi connectivity index (χ2n) is 5.10. The molecule has 19 heavy (non-hydrogen) atoms. The van der Waals surface area contributed by atoms with Gasteiger partial charge in [0.25, 0.3) is 0 Å². The maximum absolute atomic E-state index is 12.2. The van der Waals surface area contributed by atoms with Gasteiger partial charge in [-0.2, -0.15) is 0 Å². The first-order chi connectivity index (χ1) is 9.08. The van der Waals surface area contributed by atoms with Crippen LogP contribution < -0.4 is 0 Å². The number of hydrogen-bond acceptors (Lipinski definition) is 3. The summed E-state index contributed by atoms with van der Waals surface area (Å²) in [6, 6.07) is 3.88. The fraction of sp³-hybridized carbons (Fsp3) is 0.571. The van der Waals surface area contributed by atoms with E-state index in [9.17, 15) is 9.59 Å². The molecule has 1 aromatic rings. The van der Waals surface area contributed by atoms with E-state index >= 15 is 0 Å². The molecule has 2 rings (SSSR count). The highest BCUT2D eigenvalue weighted by Gasteiger charge is 2.34. The number of nitrogens with zero attached hydrogens (tertiary/aromatic N) is 1. The first-order valence-electron chi connectivity index (χ1n) is 6.62. The summed E-state index contributed by atoms with van der Waals surface area (Å²) in [4.78, 5) is 24.8. The smallest absolute Gasteiger partial charge is 0.308 e. The molecule has 0 saturated heterocycles. The first kappa shape index (κ1) is 13.6. The van der Waals surface area contributed by atoms with Crippen molar-refractivity contribution in [3.05, 3.63) is 24.2 Å². The van der Waals surface area contributed by atoms with Crippen molar-refractivity contribution in [3.63, 3.8) is 0 Å². The summed E-state index contributed by atoms with van der Waals surface area (Å²) in [6.45, 7) is 1.94. The Morgan fingerprint density at radius 1 is 1.53 bits per heavy atom. The van der Waals surface area contributed by atoms with Gasteiger partial charge in [-0.1, -0.05) is 6.92 Å². The van der Waals surface area contributed by atoms with Gasteiger partial charge in [-0.25, -0.2) is 0 Å². The third-order valence-electron chi connectivity index (χ3n) is 3.37. The lowest BCUT2D eigenvalue weighted by atomic mass is 10.1. The molecule has 0 bridgehead atoms. The van der Waals surface area contributed by atoms with Crippen molar-refractivity contribution in [2.75, 3.05) is 6.54 Å². The topological polar surface area (TPSA) is 70.8 Å². The molecule has 1 saturated carbocycles. The fourth-order valence-corrected chi connectivity index (χ4v) is 2.04. The predicted octanol–water partition coefficient (Wildman–Crippen LogP) is 1.92. The molecule has 1 fully saturated rings. The molecule has 1 atom stereocenters. The Balaban J connectivity index is 1.87. The highest BCUT2D eigenvalue weighted by atomic mass is 16.4. The number of carboxylic acid groups (broad SMARTS) is 1. The van der Waals surface area contributed by atoms with Crippen LogP contribution in [0.4, 0.5) is 0 Å². The molecule has 5 heteroatoms. The van der Waals surface area contributed by atoms with E-state index in [0.717, 1.165) is 18.6 Å². The van der Waals surface area contributed by atoms with Gasteiger partial charge >= 0.3 is 5.97 Å². The SMILES string of the molecule is CC(CN(C(=O)CCc1ccco1)C1CC1)C(=O)O. The molecule has 0 aliphatic heterocycles. The van der Waals surface area contributed by atoms with Crippen LogP contribution >= 0.6 is 0 Å². The lowest BCUT2D eigenvalue weighted by molar-refractivity contribution is -0.143. The van der Waals surface area contributed by atoms with Gasteiger partial charge in [-0.3, -0.25) is 9.59 Å². The van der Waals surface area contributed by atoms with Gasteiger partial charge in [0.15, 0.2) is 0 Å². The maximum Gasteiger partial charge on any atom is 0.308 e. The van der Waals surface area contributed by atoms with Crippen molar-refractivity contribution in [1.82, 2.24) is 4.90 Å². The average molecular weight is 265 g/mol. The van der Waals surface area contributed by atoms with E-state index in [4.69, 9.17) is 9.52 Å². The van der Waals surface area contributed by atoms with Crippen LogP contribution in [0.3, 0.4) is 0 Å². The van der Waals surface area contributed by atoms with Crippen LogP contribution in [0.25, 0.3) is 0 Å². The van der Waals surface area contributed by atoms with Crippen molar-refractivity contribution in [2.45, 2.75) is 38.6 Å². The lowest BCUT2D eigenvalue weighted by Crippen LogP contribution is -2.38. The molecule has 1 N–H and O–H groups in total. The molecule has 1 unspecified atom stereocenters. The summed E-state index contributed by atoms with van der Waals surface area (Å²) >= 11 is 0. The summed E-state index contributed by atoms with van der Waals surface area (Å²) in [5, 5.41) is 8.94. The molecular formula is C14H19NO4. The quantitative estimate of drug-likeness (QED) is 0.817. The van der Waals surface area contributed by atoms with E-state index in [1.807, 2.05) is 6.07 Å². The van der Waals surface area contributed by atoms with E-state index in [1.54, 1.807) is 24.2 Å². The number of rotatable bonds is 7. The first-order valence-corrected chi connectivity index (χ1v) is 6.62. The molecular weight excluding hydrogens is 246 g/mol. The number of carbonyl (C=O) groups is 2. The van der Waals surface area contributed by atoms with Crippen molar-refractivity contribution in [3.8, 4) is 0 Å². The van der Waals surface area contributed by atoms with Crippen molar-refractivity contribution in [1.29, 1.82) is 0 Å². The highest BCUT2D eigenvalue weighted by molar-refractivity contribution is 5.78. The normalized spacial score (nSPS) is 16.1. The van der Waals surface area contributed by atoms with Crippen LogP contribution in [0.15, 0.2) is 22.8 Å². The number of furan rings is 1. The Bertz CT molecular complexity index is 436. The van der Waals surface area contributed by atoms with Gasteiger partial charge in [-0.05, 0) is 25.0 Å². The Kier molecular flexibility index (Phi) is 4.24. The zero-order valence-electron chi connectivity index (χ0n) is 11.0.